The summed E-state index contributed by atoms with van der Waals surface area (Å²) in [6, 6.07) is 0. The van der Waals surface area contributed by atoms with Gasteiger partial charge in [0.2, 0.25) is 0 Å². The second-order valence-corrected chi connectivity index (χ2v) is 6.18. The highest BCUT2D eigenvalue weighted by atomic mass is 16.5. The molecule has 1 fully saturated rings. The number of ether oxygens (including phenoxy) is 1. The maximum Gasteiger partial charge on any atom is 0.157 e. The summed E-state index contributed by atoms with van der Waals surface area (Å²) in [5.74, 6) is 1.53. The summed E-state index contributed by atoms with van der Waals surface area (Å²) < 4.78 is 6.08. The van der Waals surface area contributed by atoms with Crippen molar-refractivity contribution in [2.24, 2.45) is 5.92 Å². The molecule has 0 aromatic carbocycles. The van der Waals surface area contributed by atoms with Gasteiger partial charge in [-0.05, 0) is 32.1 Å². The zero-order valence-corrected chi connectivity index (χ0v) is 13.3. The molecule has 1 atom stereocenters. The molecule has 1 saturated carbocycles. The lowest BCUT2D eigenvalue weighted by Gasteiger charge is -2.29. The van der Waals surface area contributed by atoms with Gasteiger partial charge in [0.05, 0.1) is 5.69 Å². The van der Waals surface area contributed by atoms with Gasteiger partial charge in [-0.25, -0.2) is 9.97 Å². The number of rotatable bonds is 5. The summed E-state index contributed by atoms with van der Waals surface area (Å²) in [6.07, 6.45) is 7.58. The summed E-state index contributed by atoms with van der Waals surface area (Å²) in [7, 11) is 0. The van der Waals surface area contributed by atoms with Crippen molar-refractivity contribution in [2.75, 3.05) is 6.61 Å². The molecule has 21 heavy (non-hydrogen) atoms. The Morgan fingerprint density at radius 3 is 2.67 bits per heavy atom. The highest BCUT2D eigenvalue weighted by molar-refractivity contribution is 5.29. The molecule has 4 nitrogen and oxygen atoms in total. The van der Waals surface area contributed by atoms with E-state index in [-0.39, 0.29) is 6.10 Å². The van der Waals surface area contributed by atoms with Gasteiger partial charge in [0.1, 0.15) is 6.10 Å². The number of aromatic nitrogens is 2. The molecular weight excluding hydrogens is 262 g/mol. The van der Waals surface area contributed by atoms with Crippen LogP contribution in [0.1, 0.15) is 74.8 Å². The minimum absolute atomic E-state index is 0.0894. The summed E-state index contributed by atoms with van der Waals surface area (Å²) >= 11 is 0. The lowest BCUT2D eigenvalue weighted by Crippen LogP contribution is -2.22. The van der Waals surface area contributed by atoms with Crippen LogP contribution in [0.4, 0.5) is 0 Å². The highest BCUT2D eigenvalue weighted by Gasteiger charge is 2.29. The molecule has 3 rings (SSSR count). The molecule has 1 aromatic rings. The van der Waals surface area contributed by atoms with Gasteiger partial charge in [0.25, 0.3) is 0 Å². The van der Waals surface area contributed by atoms with Crippen molar-refractivity contribution < 1.29 is 4.74 Å². The van der Waals surface area contributed by atoms with Gasteiger partial charge in [-0.3, -0.25) is 0 Å². The Kier molecular flexibility index (Phi) is 4.86. The second kappa shape index (κ2) is 6.84. The number of nitrogens with zero attached hydrogens (tertiary/aromatic N) is 2. The summed E-state index contributed by atoms with van der Waals surface area (Å²) in [6.45, 7) is 6.79. The van der Waals surface area contributed by atoms with Crippen LogP contribution < -0.4 is 5.32 Å². The van der Waals surface area contributed by atoms with E-state index in [1.165, 1.54) is 49.1 Å². The first kappa shape index (κ1) is 14.9. The number of aryl methyl sites for hydroxylation is 1. The smallest absolute Gasteiger partial charge is 0.157 e. The summed E-state index contributed by atoms with van der Waals surface area (Å²) in [5, 5.41) is 3.40. The minimum Gasteiger partial charge on any atom is -0.370 e. The first-order chi connectivity index (χ1) is 10.3. The third-order valence-electron chi connectivity index (χ3n) is 4.80. The third-order valence-corrected chi connectivity index (χ3v) is 4.80. The number of nitrogens with one attached hydrogen (secondary N) is 1. The van der Waals surface area contributed by atoms with E-state index in [1.54, 1.807) is 0 Å². The Hall–Kier alpha value is -1.00. The van der Waals surface area contributed by atoms with E-state index in [1.807, 2.05) is 0 Å². The lowest BCUT2D eigenvalue weighted by atomic mass is 9.84. The van der Waals surface area contributed by atoms with Crippen LogP contribution in [0.15, 0.2) is 0 Å². The van der Waals surface area contributed by atoms with Crippen molar-refractivity contribution in [3.05, 3.63) is 22.8 Å². The largest absolute Gasteiger partial charge is 0.370 e. The quantitative estimate of drug-likeness (QED) is 0.903. The van der Waals surface area contributed by atoms with Crippen LogP contribution in [0.2, 0.25) is 0 Å². The third kappa shape index (κ3) is 3.11. The predicted octanol–water partition coefficient (Wildman–Crippen LogP) is 3.30. The van der Waals surface area contributed by atoms with Gasteiger partial charge in [-0.2, -0.15) is 0 Å². The van der Waals surface area contributed by atoms with Gasteiger partial charge in [-0.1, -0.05) is 26.2 Å². The summed E-state index contributed by atoms with van der Waals surface area (Å²) in [4.78, 5) is 9.74. The monoisotopic (exact) mass is 289 g/mol. The van der Waals surface area contributed by atoms with Crippen LogP contribution in [0.5, 0.6) is 0 Å². The molecule has 4 heteroatoms. The van der Waals surface area contributed by atoms with E-state index in [0.29, 0.717) is 5.92 Å². The zero-order chi connectivity index (χ0) is 14.7. The maximum absolute atomic E-state index is 6.08. The van der Waals surface area contributed by atoms with Crippen molar-refractivity contribution in [3.8, 4) is 0 Å². The van der Waals surface area contributed by atoms with Crippen molar-refractivity contribution in [2.45, 2.75) is 71.6 Å². The Labute approximate surface area is 127 Å². The molecule has 0 saturated heterocycles. The molecule has 0 bridgehead atoms. The van der Waals surface area contributed by atoms with Crippen molar-refractivity contribution in [3.63, 3.8) is 0 Å². The average molecular weight is 289 g/mol. The minimum atomic E-state index is 0.0894. The van der Waals surface area contributed by atoms with E-state index >= 15 is 0 Å². The molecule has 2 aliphatic rings. The SMILES string of the molecule is CCOC(c1nc(CC)c2c(n1)CNC2)C1CCCCC1. The van der Waals surface area contributed by atoms with Crippen molar-refractivity contribution in [1.82, 2.24) is 15.3 Å². The molecule has 1 unspecified atom stereocenters. The van der Waals surface area contributed by atoms with Crippen LogP contribution >= 0.6 is 0 Å². The molecule has 1 aliphatic heterocycles. The van der Waals surface area contributed by atoms with Crippen LogP contribution in [-0.4, -0.2) is 16.6 Å². The standard InChI is InChI=1S/C17H27N3O/c1-3-14-13-10-18-11-15(13)20-17(19-14)16(21-4-2)12-8-6-5-7-9-12/h12,16,18H,3-11H2,1-2H3. The van der Waals surface area contributed by atoms with Gasteiger partial charge < -0.3 is 10.1 Å². The first-order valence-electron chi connectivity index (χ1n) is 8.54. The Bertz CT molecular complexity index is 483. The second-order valence-electron chi connectivity index (χ2n) is 6.18. The topological polar surface area (TPSA) is 47.0 Å². The molecule has 0 spiro atoms. The van der Waals surface area contributed by atoms with Crippen LogP contribution in [0, 0.1) is 5.92 Å². The van der Waals surface area contributed by atoms with Crippen LogP contribution in [0.3, 0.4) is 0 Å². The molecule has 116 valence electrons. The zero-order valence-electron chi connectivity index (χ0n) is 13.3. The van der Waals surface area contributed by atoms with E-state index in [4.69, 9.17) is 14.7 Å². The van der Waals surface area contributed by atoms with Crippen molar-refractivity contribution in [1.29, 1.82) is 0 Å². The van der Waals surface area contributed by atoms with Gasteiger partial charge in [-0.15, -0.1) is 0 Å². The highest BCUT2D eigenvalue weighted by Crippen LogP contribution is 2.36. The van der Waals surface area contributed by atoms with E-state index in [0.717, 1.165) is 31.9 Å². The Balaban J connectivity index is 1.91. The number of fused-ring (bicyclic) bond motifs is 1. The van der Waals surface area contributed by atoms with Gasteiger partial charge in [0, 0.05) is 31.0 Å². The van der Waals surface area contributed by atoms with E-state index < -0.39 is 0 Å². The van der Waals surface area contributed by atoms with Gasteiger partial charge >= 0.3 is 0 Å². The summed E-state index contributed by atoms with van der Waals surface area (Å²) in [5.41, 5.74) is 3.72. The predicted molar refractivity (Wildman–Crippen MR) is 82.9 cm³/mol. The number of hydrogen-bond acceptors (Lipinski definition) is 4. The Morgan fingerprint density at radius 1 is 1.14 bits per heavy atom. The fraction of sp³-hybridized carbons (Fsp3) is 0.765. The lowest BCUT2D eigenvalue weighted by molar-refractivity contribution is -0.000449. The van der Waals surface area contributed by atoms with Crippen LogP contribution in [0.25, 0.3) is 0 Å². The normalized spacial score (nSPS) is 20.5. The molecule has 0 radical (unpaired) electrons. The molecule has 0 amide bonds. The molecular formula is C17H27N3O. The van der Waals surface area contributed by atoms with Crippen molar-refractivity contribution >= 4 is 0 Å². The molecule has 1 aliphatic carbocycles. The van der Waals surface area contributed by atoms with Gasteiger partial charge in [0.15, 0.2) is 5.82 Å². The first-order valence-corrected chi connectivity index (χ1v) is 8.54. The number of hydrogen-bond donors (Lipinski definition) is 1. The molecule has 1 N–H and O–H groups in total. The van der Waals surface area contributed by atoms with E-state index in [9.17, 15) is 0 Å². The van der Waals surface area contributed by atoms with E-state index in [2.05, 4.69) is 19.2 Å². The maximum atomic E-state index is 6.08. The molecule has 2 heterocycles. The Morgan fingerprint density at radius 2 is 1.95 bits per heavy atom. The average Bonchev–Trinajstić information content (AvgIpc) is 3.01. The fourth-order valence-electron chi connectivity index (χ4n) is 3.72. The van der Waals surface area contributed by atoms with Crippen LogP contribution in [-0.2, 0) is 24.2 Å². The fourth-order valence-corrected chi connectivity index (χ4v) is 3.72. The molecule has 1 aromatic heterocycles.